The Hall–Kier alpha value is -2.62. The number of nitrogens with one attached hydrogen (secondary N) is 1. The Morgan fingerprint density at radius 3 is 2.32 bits per heavy atom. The SMILES string of the molecule is CC(=NNC(=O)COc1cc(C)cc(C)c1)c1ccc(C2CCCCC2)cc1. The first-order valence-corrected chi connectivity index (χ1v) is 10.2. The predicted octanol–water partition coefficient (Wildman–Crippen LogP) is 5.27. The molecule has 1 fully saturated rings. The number of carbonyl (C=O) groups excluding carboxylic acids is 1. The van der Waals surface area contributed by atoms with E-state index in [-0.39, 0.29) is 12.5 Å². The molecule has 0 unspecified atom stereocenters. The van der Waals surface area contributed by atoms with E-state index in [0.717, 1.165) is 22.4 Å². The lowest BCUT2D eigenvalue weighted by molar-refractivity contribution is -0.123. The molecule has 0 aromatic heterocycles. The molecule has 3 rings (SSSR count). The van der Waals surface area contributed by atoms with Crippen molar-refractivity contribution < 1.29 is 9.53 Å². The second kappa shape index (κ2) is 9.54. The third kappa shape index (κ3) is 5.69. The summed E-state index contributed by atoms with van der Waals surface area (Å²) in [5, 5.41) is 4.22. The monoisotopic (exact) mass is 378 g/mol. The van der Waals surface area contributed by atoms with Crippen LogP contribution in [0.3, 0.4) is 0 Å². The van der Waals surface area contributed by atoms with Crippen molar-refractivity contribution in [3.05, 3.63) is 64.7 Å². The second-order valence-corrected chi connectivity index (χ2v) is 7.80. The lowest BCUT2D eigenvalue weighted by atomic mass is 9.84. The standard InChI is InChI=1S/C24H30N2O2/c1-17-13-18(2)15-23(14-17)28-16-24(27)26-25-19(3)20-9-11-22(12-10-20)21-7-5-4-6-8-21/h9-15,21H,4-8,16H2,1-3H3,(H,26,27). The van der Waals surface area contributed by atoms with E-state index < -0.39 is 0 Å². The molecule has 0 radical (unpaired) electrons. The van der Waals surface area contributed by atoms with E-state index in [2.05, 4.69) is 40.9 Å². The van der Waals surface area contributed by atoms with Gasteiger partial charge < -0.3 is 4.74 Å². The molecule has 0 spiro atoms. The minimum absolute atomic E-state index is 0.0553. The van der Waals surface area contributed by atoms with Gasteiger partial charge in [-0.25, -0.2) is 5.43 Å². The van der Waals surface area contributed by atoms with E-state index in [0.29, 0.717) is 11.7 Å². The highest BCUT2D eigenvalue weighted by atomic mass is 16.5. The summed E-state index contributed by atoms with van der Waals surface area (Å²) >= 11 is 0. The average molecular weight is 379 g/mol. The minimum atomic E-state index is -0.266. The molecule has 0 bridgehead atoms. The molecule has 1 N–H and O–H groups in total. The molecule has 1 saturated carbocycles. The van der Waals surface area contributed by atoms with Gasteiger partial charge in [-0.15, -0.1) is 0 Å². The first-order valence-electron chi connectivity index (χ1n) is 10.2. The maximum absolute atomic E-state index is 12.0. The van der Waals surface area contributed by atoms with Gasteiger partial charge in [0.15, 0.2) is 6.61 Å². The van der Waals surface area contributed by atoms with Crippen LogP contribution in [0.5, 0.6) is 5.75 Å². The summed E-state index contributed by atoms with van der Waals surface area (Å²) < 4.78 is 5.57. The average Bonchev–Trinajstić information content (AvgIpc) is 2.70. The van der Waals surface area contributed by atoms with Gasteiger partial charge in [-0.05, 0) is 73.9 Å². The highest BCUT2D eigenvalue weighted by Crippen LogP contribution is 2.32. The van der Waals surface area contributed by atoms with Gasteiger partial charge in [0, 0.05) is 0 Å². The lowest BCUT2D eigenvalue weighted by Gasteiger charge is -2.22. The van der Waals surface area contributed by atoms with E-state index >= 15 is 0 Å². The van der Waals surface area contributed by atoms with Crippen LogP contribution in [0.25, 0.3) is 0 Å². The molecule has 148 valence electrons. The molecule has 2 aromatic carbocycles. The molecular formula is C24H30N2O2. The number of rotatable bonds is 6. The van der Waals surface area contributed by atoms with Crippen molar-refractivity contribution in [3.8, 4) is 5.75 Å². The number of nitrogens with zero attached hydrogens (tertiary/aromatic N) is 1. The number of ether oxygens (including phenoxy) is 1. The van der Waals surface area contributed by atoms with Gasteiger partial charge in [0.1, 0.15) is 5.75 Å². The zero-order valence-electron chi connectivity index (χ0n) is 17.1. The van der Waals surface area contributed by atoms with Gasteiger partial charge in [0.2, 0.25) is 0 Å². The Morgan fingerprint density at radius 2 is 1.68 bits per heavy atom. The highest BCUT2D eigenvalue weighted by molar-refractivity contribution is 5.99. The third-order valence-corrected chi connectivity index (χ3v) is 5.32. The number of benzene rings is 2. The molecule has 0 saturated heterocycles. The van der Waals surface area contributed by atoms with Crippen LogP contribution in [-0.2, 0) is 4.79 Å². The van der Waals surface area contributed by atoms with Gasteiger partial charge in [-0.2, -0.15) is 5.10 Å². The Bertz CT molecular complexity index is 814. The van der Waals surface area contributed by atoms with Crippen molar-refractivity contribution in [2.45, 2.75) is 58.8 Å². The molecule has 1 aliphatic carbocycles. The molecule has 0 atom stereocenters. The van der Waals surface area contributed by atoms with Gasteiger partial charge in [-0.3, -0.25) is 4.79 Å². The van der Waals surface area contributed by atoms with Gasteiger partial charge in [-0.1, -0.05) is 49.6 Å². The van der Waals surface area contributed by atoms with Crippen LogP contribution in [0.2, 0.25) is 0 Å². The molecule has 2 aromatic rings. The maximum atomic E-state index is 12.0. The molecule has 4 nitrogen and oxygen atoms in total. The van der Waals surface area contributed by atoms with Gasteiger partial charge in [0.25, 0.3) is 5.91 Å². The van der Waals surface area contributed by atoms with Crippen molar-refractivity contribution in [1.29, 1.82) is 0 Å². The number of aryl methyl sites for hydroxylation is 2. The third-order valence-electron chi connectivity index (χ3n) is 5.32. The number of hydrogen-bond acceptors (Lipinski definition) is 3. The summed E-state index contributed by atoms with van der Waals surface area (Å²) in [5.41, 5.74) is 8.04. The summed E-state index contributed by atoms with van der Waals surface area (Å²) in [6.45, 7) is 5.86. The fourth-order valence-corrected chi connectivity index (χ4v) is 3.84. The maximum Gasteiger partial charge on any atom is 0.277 e. The van der Waals surface area contributed by atoms with Crippen LogP contribution in [-0.4, -0.2) is 18.2 Å². The fraction of sp³-hybridized carbons (Fsp3) is 0.417. The normalized spacial score (nSPS) is 15.3. The Labute approximate surface area is 168 Å². The van der Waals surface area contributed by atoms with Crippen molar-refractivity contribution in [1.82, 2.24) is 5.43 Å². The number of hydrazone groups is 1. The Kier molecular flexibility index (Phi) is 6.85. The fourth-order valence-electron chi connectivity index (χ4n) is 3.84. The minimum Gasteiger partial charge on any atom is -0.484 e. The highest BCUT2D eigenvalue weighted by Gasteiger charge is 2.15. The summed E-state index contributed by atoms with van der Waals surface area (Å²) in [5.74, 6) is 1.13. The van der Waals surface area contributed by atoms with Crippen molar-refractivity contribution >= 4 is 11.6 Å². The first kappa shape index (κ1) is 20.1. The lowest BCUT2D eigenvalue weighted by Crippen LogP contribution is -2.25. The van der Waals surface area contributed by atoms with E-state index in [1.807, 2.05) is 32.9 Å². The number of hydrogen-bond donors (Lipinski definition) is 1. The molecular weight excluding hydrogens is 348 g/mol. The topological polar surface area (TPSA) is 50.7 Å². The van der Waals surface area contributed by atoms with Crippen molar-refractivity contribution in [3.63, 3.8) is 0 Å². The van der Waals surface area contributed by atoms with E-state index in [1.165, 1.54) is 37.7 Å². The van der Waals surface area contributed by atoms with Crippen molar-refractivity contribution in [2.75, 3.05) is 6.61 Å². The quantitative estimate of drug-likeness (QED) is 0.550. The van der Waals surface area contributed by atoms with Crippen LogP contribution in [0.15, 0.2) is 47.6 Å². The number of carbonyl (C=O) groups is 1. The van der Waals surface area contributed by atoms with Gasteiger partial charge >= 0.3 is 0 Å². The van der Waals surface area contributed by atoms with E-state index in [9.17, 15) is 4.79 Å². The van der Waals surface area contributed by atoms with Crippen molar-refractivity contribution in [2.24, 2.45) is 5.10 Å². The molecule has 0 aliphatic heterocycles. The van der Waals surface area contributed by atoms with Gasteiger partial charge in [0.05, 0.1) is 5.71 Å². The van der Waals surface area contributed by atoms with E-state index in [4.69, 9.17) is 4.74 Å². The zero-order valence-corrected chi connectivity index (χ0v) is 17.1. The summed E-state index contributed by atoms with van der Waals surface area (Å²) in [7, 11) is 0. The van der Waals surface area contributed by atoms with E-state index in [1.54, 1.807) is 0 Å². The first-order chi connectivity index (χ1) is 13.5. The predicted molar refractivity (Wildman–Crippen MR) is 114 cm³/mol. The molecule has 0 heterocycles. The second-order valence-electron chi connectivity index (χ2n) is 7.80. The molecule has 4 heteroatoms. The van der Waals surface area contributed by atoms with Crippen LogP contribution in [0.4, 0.5) is 0 Å². The van der Waals surface area contributed by atoms with Crippen LogP contribution >= 0.6 is 0 Å². The summed E-state index contributed by atoms with van der Waals surface area (Å²) in [6, 6.07) is 14.5. The molecule has 1 amide bonds. The number of amides is 1. The molecule has 1 aliphatic rings. The zero-order chi connectivity index (χ0) is 19.9. The van der Waals surface area contributed by atoms with Crippen LogP contribution in [0, 0.1) is 13.8 Å². The summed E-state index contributed by atoms with van der Waals surface area (Å²) in [4.78, 5) is 12.0. The van der Waals surface area contributed by atoms with Crippen LogP contribution < -0.4 is 10.2 Å². The largest absolute Gasteiger partial charge is 0.484 e. The Morgan fingerprint density at radius 1 is 1.04 bits per heavy atom. The Balaban J connectivity index is 1.52. The smallest absolute Gasteiger partial charge is 0.277 e. The van der Waals surface area contributed by atoms with Crippen LogP contribution in [0.1, 0.15) is 67.2 Å². The molecule has 28 heavy (non-hydrogen) atoms. The summed E-state index contributed by atoms with van der Waals surface area (Å²) in [6.07, 6.45) is 6.63.